The first-order valence-electron chi connectivity index (χ1n) is 4.81. The minimum Gasteiger partial charge on any atom is -0.364 e. The zero-order valence-corrected chi connectivity index (χ0v) is 8.69. The van der Waals surface area contributed by atoms with E-state index in [2.05, 4.69) is 10.3 Å². The molecule has 0 aromatic carbocycles. The molecule has 15 heavy (non-hydrogen) atoms. The van der Waals surface area contributed by atoms with E-state index in [1.54, 1.807) is 18.5 Å². The molecule has 2 rings (SSSR count). The second-order valence-corrected chi connectivity index (χ2v) is 3.79. The van der Waals surface area contributed by atoms with Gasteiger partial charge in [-0.2, -0.15) is 0 Å². The Morgan fingerprint density at radius 1 is 1.47 bits per heavy atom. The molecule has 0 spiro atoms. The molecule has 1 radical (unpaired) electrons. The van der Waals surface area contributed by atoms with Crippen molar-refractivity contribution >= 4 is 17.2 Å². The van der Waals surface area contributed by atoms with Crippen LogP contribution in [0.15, 0.2) is 18.5 Å². The first-order valence-corrected chi connectivity index (χ1v) is 4.81. The Hall–Kier alpha value is -1.84. The van der Waals surface area contributed by atoms with Crippen LogP contribution in [0.25, 0.3) is 5.57 Å². The van der Waals surface area contributed by atoms with Crippen molar-refractivity contribution < 1.29 is 4.79 Å². The lowest BCUT2D eigenvalue weighted by atomic mass is 9.95. The summed E-state index contributed by atoms with van der Waals surface area (Å²) in [5.41, 5.74) is 8.18. The van der Waals surface area contributed by atoms with Crippen molar-refractivity contribution in [2.45, 2.75) is 13.8 Å². The van der Waals surface area contributed by atoms with E-state index >= 15 is 0 Å². The number of allylic oxidation sites excluding steroid dienone is 1. The fourth-order valence-corrected chi connectivity index (χ4v) is 1.67. The summed E-state index contributed by atoms with van der Waals surface area (Å²) in [4.78, 5) is 15.2. The molecule has 2 heterocycles. The number of amides is 1. The molecule has 1 aromatic heterocycles. The Kier molecular flexibility index (Phi) is 2.19. The Balaban J connectivity index is 2.60. The zero-order valence-electron chi connectivity index (χ0n) is 8.69. The monoisotopic (exact) mass is 202 g/mol. The van der Waals surface area contributed by atoms with Gasteiger partial charge in [-0.15, -0.1) is 0 Å². The molecule has 4 heteroatoms. The van der Waals surface area contributed by atoms with Crippen molar-refractivity contribution in [2.75, 3.05) is 0 Å². The number of nitrogens with zero attached hydrogens (tertiary/aromatic N) is 2. The highest BCUT2D eigenvalue weighted by atomic mass is 16.1. The van der Waals surface area contributed by atoms with E-state index in [0.717, 1.165) is 16.8 Å². The largest absolute Gasteiger partial charge is 0.364 e. The Bertz CT molecular complexity index is 449. The van der Waals surface area contributed by atoms with Gasteiger partial charge >= 0.3 is 0 Å². The van der Waals surface area contributed by atoms with Crippen LogP contribution >= 0.6 is 0 Å². The minimum absolute atomic E-state index is 0.303. The average Bonchev–Trinajstić information content (AvgIpc) is 2.60. The molecule has 4 nitrogen and oxygen atoms in total. The lowest BCUT2D eigenvalue weighted by Gasteiger charge is -2.09. The quantitative estimate of drug-likeness (QED) is 0.788. The van der Waals surface area contributed by atoms with Crippen LogP contribution in [0, 0.1) is 5.92 Å². The van der Waals surface area contributed by atoms with Gasteiger partial charge in [-0.05, 0) is 17.6 Å². The molecule has 0 bridgehead atoms. The number of fused-ring (bicyclic) bond motifs is 1. The van der Waals surface area contributed by atoms with Gasteiger partial charge in [-0.1, -0.05) is 13.8 Å². The van der Waals surface area contributed by atoms with Gasteiger partial charge in [0, 0.05) is 18.0 Å². The van der Waals surface area contributed by atoms with Crippen LogP contribution in [0.4, 0.5) is 5.69 Å². The number of nitrogens with two attached hydrogens (primary N) is 1. The molecule has 1 aromatic rings. The lowest BCUT2D eigenvalue weighted by molar-refractivity contribution is 0.0995. The third-order valence-electron chi connectivity index (χ3n) is 2.42. The number of carbonyl (C=O) groups excluding carboxylic acids is 1. The number of hydrogen-bond acceptors (Lipinski definition) is 2. The highest BCUT2D eigenvalue weighted by Gasteiger charge is 2.24. The first kappa shape index (κ1) is 9.71. The van der Waals surface area contributed by atoms with E-state index < -0.39 is 5.91 Å². The van der Waals surface area contributed by atoms with Gasteiger partial charge in [0.2, 0.25) is 0 Å². The standard InChI is InChI=1S/C11H12N3O/c1-6(2)7-5-14-8-3-4-13-10(9(7)8)11(12)15/h3-6H,1-2H3,(H2,12,15). The van der Waals surface area contributed by atoms with Gasteiger partial charge in [0.05, 0.1) is 5.69 Å². The molecule has 0 fully saturated rings. The number of aromatic nitrogens is 1. The third-order valence-corrected chi connectivity index (χ3v) is 2.42. The summed E-state index contributed by atoms with van der Waals surface area (Å²) in [5, 5.41) is 4.24. The van der Waals surface area contributed by atoms with Crippen LogP contribution in [0.2, 0.25) is 0 Å². The number of primary amides is 1. The number of pyridine rings is 1. The summed E-state index contributed by atoms with van der Waals surface area (Å²) in [5.74, 6) is -0.201. The minimum atomic E-state index is -0.504. The van der Waals surface area contributed by atoms with Crippen molar-refractivity contribution in [3.05, 3.63) is 29.7 Å². The van der Waals surface area contributed by atoms with E-state index in [0.29, 0.717) is 11.6 Å². The molecule has 77 valence electrons. The van der Waals surface area contributed by atoms with E-state index in [-0.39, 0.29) is 0 Å². The maximum Gasteiger partial charge on any atom is 0.268 e. The average molecular weight is 202 g/mol. The second-order valence-electron chi connectivity index (χ2n) is 3.79. The van der Waals surface area contributed by atoms with E-state index in [4.69, 9.17) is 5.73 Å². The van der Waals surface area contributed by atoms with Crippen molar-refractivity contribution in [3.63, 3.8) is 0 Å². The SMILES string of the molecule is CC(C)C1=C[N]c2ccnc(C(N)=O)c21. The molecule has 1 aliphatic heterocycles. The Morgan fingerprint density at radius 2 is 2.20 bits per heavy atom. The Labute approximate surface area is 88.2 Å². The molecule has 1 aliphatic rings. The topological polar surface area (TPSA) is 70.1 Å². The molecule has 0 unspecified atom stereocenters. The maximum atomic E-state index is 11.2. The summed E-state index contributed by atoms with van der Waals surface area (Å²) >= 11 is 0. The molecule has 0 saturated carbocycles. The van der Waals surface area contributed by atoms with Gasteiger partial charge in [-0.3, -0.25) is 15.1 Å². The van der Waals surface area contributed by atoms with Gasteiger partial charge in [0.15, 0.2) is 0 Å². The summed E-state index contributed by atoms with van der Waals surface area (Å²) < 4.78 is 0. The maximum absolute atomic E-state index is 11.2. The third kappa shape index (κ3) is 1.48. The Morgan fingerprint density at radius 3 is 2.80 bits per heavy atom. The summed E-state index contributed by atoms with van der Waals surface area (Å²) in [6.45, 7) is 4.10. The van der Waals surface area contributed by atoms with Crippen LogP contribution in [0.3, 0.4) is 0 Å². The smallest absolute Gasteiger partial charge is 0.268 e. The molecular weight excluding hydrogens is 190 g/mol. The molecule has 0 atom stereocenters. The van der Waals surface area contributed by atoms with Crippen LogP contribution < -0.4 is 11.1 Å². The number of rotatable bonds is 2. The molecule has 1 amide bonds. The zero-order chi connectivity index (χ0) is 11.0. The predicted molar refractivity (Wildman–Crippen MR) is 57.4 cm³/mol. The molecular formula is C11H12N3O. The summed E-state index contributed by atoms with van der Waals surface area (Å²) in [6.07, 6.45) is 3.34. The van der Waals surface area contributed by atoms with Gasteiger partial charge in [-0.25, -0.2) is 0 Å². The van der Waals surface area contributed by atoms with Gasteiger partial charge < -0.3 is 5.73 Å². The molecule has 0 aliphatic carbocycles. The van der Waals surface area contributed by atoms with E-state index in [1.807, 2.05) is 13.8 Å². The predicted octanol–water partition coefficient (Wildman–Crippen LogP) is 1.43. The van der Waals surface area contributed by atoms with Crippen LogP contribution in [0.5, 0.6) is 0 Å². The summed E-state index contributed by atoms with van der Waals surface area (Å²) in [6, 6.07) is 1.79. The van der Waals surface area contributed by atoms with E-state index in [9.17, 15) is 4.79 Å². The van der Waals surface area contributed by atoms with Crippen molar-refractivity contribution in [2.24, 2.45) is 11.7 Å². The van der Waals surface area contributed by atoms with E-state index in [1.165, 1.54) is 0 Å². The highest BCUT2D eigenvalue weighted by Crippen LogP contribution is 2.36. The lowest BCUT2D eigenvalue weighted by Crippen LogP contribution is -2.16. The fourth-order valence-electron chi connectivity index (χ4n) is 1.67. The second kappa shape index (κ2) is 3.38. The van der Waals surface area contributed by atoms with Gasteiger partial charge in [0.1, 0.15) is 5.69 Å². The van der Waals surface area contributed by atoms with Crippen LogP contribution in [-0.2, 0) is 0 Å². The van der Waals surface area contributed by atoms with Gasteiger partial charge in [0.25, 0.3) is 5.91 Å². The van der Waals surface area contributed by atoms with Crippen molar-refractivity contribution in [3.8, 4) is 0 Å². The van der Waals surface area contributed by atoms with Crippen LogP contribution in [0.1, 0.15) is 29.9 Å². The van der Waals surface area contributed by atoms with Crippen molar-refractivity contribution in [1.82, 2.24) is 10.3 Å². The summed E-state index contributed by atoms with van der Waals surface area (Å²) in [7, 11) is 0. The van der Waals surface area contributed by atoms with Crippen molar-refractivity contribution in [1.29, 1.82) is 0 Å². The molecule has 2 N–H and O–H groups in total. The first-order chi connectivity index (χ1) is 7.11. The highest BCUT2D eigenvalue weighted by molar-refractivity contribution is 5.99. The fraction of sp³-hybridized carbons (Fsp3) is 0.273. The normalized spacial score (nSPS) is 13.4. The molecule has 0 saturated heterocycles. The number of hydrogen-bond donors (Lipinski definition) is 1. The number of carbonyl (C=O) groups is 1. The van der Waals surface area contributed by atoms with Crippen LogP contribution in [-0.4, -0.2) is 10.9 Å².